The molecule has 0 heterocycles. The number of hydrogen-bond donors (Lipinski definition) is 1. The molecule has 2 nitrogen and oxygen atoms in total. The Morgan fingerprint density at radius 1 is 1.25 bits per heavy atom. The van der Waals surface area contributed by atoms with Crippen LogP contribution in [0.15, 0.2) is 29.2 Å². The Labute approximate surface area is 102 Å². The van der Waals surface area contributed by atoms with Gasteiger partial charge in [-0.25, -0.2) is 0 Å². The Bertz CT molecular complexity index is 321. The molecule has 1 rings (SSSR count). The third kappa shape index (κ3) is 3.42. The van der Waals surface area contributed by atoms with Crippen LogP contribution in [-0.4, -0.2) is 23.6 Å². The fourth-order valence-corrected chi connectivity index (χ4v) is 1.95. The molecule has 0 saturated heterocycles. The molecule has 0 saturated carbocycles. The molecule has 0 atom stereocenters. The van der Waals surface area contributed by atoms with Gasteiger partial charge in [0.05, 0.1) is 5.60 Å². The SMILES string of the molecule is CCC(O)(CC)COc1ccccc1SC. The van der Waals surface area contributed by atoms with Crippen LogP contribution in [0.1, 0.15) is 26.7 Å². The minimum Gasteiger partial charge on any atom is -0.489 e. The number of hydrogen-bond acceptors (Lipinski definition) is 3. The molecule has 0 aliphatic heterocycles. The van der Waals surface area contributed by atoms with Crippen molar-refractivity contribution in [1.82, 2.24) is 0 Å². The van der Waals surface area contributed by atoms with Crippen LogP contribution in [-0.2, 0) is 0 Å². The van der Waals surface area contributed by atoms with E-state index in [1.54, 1.807) is 11.8 Å². The quantitative estimate of drug-likeness (QED) is 0.773. The first-order valence-electron chi connectivity index (χ1n) is 5.63. The van der Waals surface area contributed by atoms with E-state index in [1.165, 1.54) is 0 Å². The number of thioether (sulfide) groups is 1. The lowest BCUT2D eigenvalue weighted by Gasteiger charge is -2.25. The normalized spacial score (nSPS) is 11.5. The van der Waals surface area contributed by atoms with E-state index < -0.39 is 5.60 Å². The first-order valence-corrected chi connectivity index (χ1v) is 6.86. The molecule has 0 bridgehead atoms. The Kier molecular flexibility index (Phi) is 5.16. The molecular weight excluding hydrogens is 220 g/mol. The molecule has 0 aromatic heterocycles. The summed E-state index contributed by atoms with van der Waals surface area (Å²) in [7, 11) is 0. The van der Waals surface area contributed by atoms with Crippen LogP contribution in [0.25, 0.3) is 0 Å². The lowest BCUT2D eigenvalue weighted by molar-refractivity contribution is -0.0121. The summed E-state index contributed by atoms with van der Waals surface area (Å²) in [6.07, 6.45) is 3.45. The second-order valence-electron chi connectivity index (χ2n) is 3.87. The molecule has 0 unspecified atom stereocenters. The van der Waals surface area contributed by atoms with Crippen LogP contribution in [0.3, 0.4) is 0 Å². The molecule has 0 fully saturated rings. The first-order chi connectivity index (χ1) is 7.65. The molecule has 3 heteroatoms. The van der Waals surface area contributed by atoms with Crippen LogP contribution in [0.2, 0.25) is 0 Å². The summed E-state index contributed by atoms with van der Waals surface area (Å²) >= 11 is 1.65. The van der Waals surface area contributed by atoms with Gasteiger partial charge in [-0.1, -0.05) is 26.0 Å². The number of benzene rings is 1. The second kappa shape index (κ2) is 6.16. The zero-order valence-electron chi connectivity index (χ0n) is 10.2. The molecule has 0 radical (unpaired) electrons. The van der Waals surface area contributed by atoms with E-state index in [4.69, 9.17) is 4.74 Å². The highest BCUT2D eigenvalue weighted by Crippen LogP contribution is 2.28. The highest BCUT2D eigenvalue weighted by molar-refractivity contribution is 7.98. The van der Waals surface area contributed by atoms with Gasteiger partial charge in [-0.05, 0) is 31.2 Å². The van der Waals surface area contributed by atoms with E-state index in [9.17, 15) is 5.11 Å². The summed E-state index contributed by atoms with van der Waals surface area (Å²) in [5.74, 6) is 0.857. The lowest BCUT2D eigenvalue weighted by Crippen LogP contribution is -2.34. The monoisotopic (exact) mass is 240 g/mol. The van der Waals surface area contributed by atoms with E-state index in [2.05, 4.69) is 0 Å². The van der Waals surface area contributed by atoms with Crippen LogP contribution in [0.4, 0.5) is 0 Å². The smallest absolute Gasteiger partial charge is 0.132 e. The van der Waals surface area contributed by atoms with Gasteiger partial charge in [0, 0.05) is 4.90 Å². The summed E-state index contributed by atoms with van der Waals surface area (Å²) in [6, 6.07) is 7.91. The fraction of sp³-hybridized carbons (Fsp3) is 0.538. The Morgan fingerprint density at radius 2 is 1.88 bits per heavy atom. The standard InChI is InChI=1S/C13H20O2S/c1-4-13(14,5-2)10-15-11-8-6-7-9-12(11)16-3/h6-9,14H,4-5,10H2,1-3H3. The fourth-order valence-electron chi connectivity index (χ4n) is 1.40. The summed E-state index contributed by atoms with van der Waals surface area (Å²) in [6.45, 7) is 4.32. The number of ether oxygens (including phenoxy) is 1. The first kappa shape index (κ1) is 13.4. The molecule has 1 N–H and O–H groups in total. The minimum absolute atomic E-state index is 0.359. The van der Waals surface area contributed by atoms with Crippen molar-refractivity contribution in [3.05, 3.63) is 24.3 Å². The molecule has 0 aliphatic rings. The van der Waals surface area contributed by atoms with Crippen molar-refractivity contribution in [3.8, 4) is 5.75 Å². The average Bonchev–Trinajstić information content (AvgIpc) is 2.36. The maximum Gasteiger partial charge on any atom is 0.132 e. The Morgan fingerprint density at radius 3 is 2.44 bits per heavy atom. The molecule has 1 aromatic carbocycles. The van der Waals surface area contributed by atoms with Crippen molar-refractivity contribution in [2.75, 3.05) is 12.9 Å². The zero-order chi connectivity index (χ0) is 12.0. The van der Waals surface area contributed by atoms with E-state index in [-0.39, 0.29) is 0 Å². The van der Waals surface area contributed by atoms with Gasteiger partial charge in [-0.2, -0.15) is 0 Å². The minimum atomic E-state index is -0.703. The van der Waals surface area contributed by atoms with Crippen molar-refractivity contribution in [2.45, 2.75) is 37.2 Å². The van der Waals surface area contributed by atoms with Crippen LogP contribution >= 0.6 is 11.8 Å². The van der Waals surface area contributed by atoms with Crippen LogP contribution in [0, 0.1) is 0 Å². The van der Waals surface area contributed by atoms with Crippen molar-refractivity contribution in [3.63, 3.8) is 0 Å². The van der Waals surface area contributed by atoms with Gasteiger partial charge in [0.25, 0.3) is 0 Å². The predicted molar refractivity (Wildman–Crippen MR) is 69.2 cm³/mol. The van der Waals surface area contributed by atoms with Crippen LogP contribution < -0.4 is 4.74 Å². The van der Waals surface area contributed by atoms with E-state index in [0.717, 1.165) is 10.6 Å². The summed E-state index contributed by atoms with van der Waals surface area (Å²) < 4.78 is 5.70. The molecule has 0 spiro atoms. The van der Waals surface area contributed by atoms with Gasteiger partial charge >= 0.3 is 0 Å². The number of aliphatic hydroxyl groups is 1. The highest BCUT2D eigenvalue weighted by atomic mass is 32.2. The predicted octanol–water partition coefficient (Wildman–Crippen LogP) is 3.34. The molecule has 0 amide bonds. The number of para-hydroxylation sites is 1. The van der Waals surface area contributed by atoms with Gasteiger partial charge in [0.2, 0.25) is 0 Å². The third-order valence-corrected chi connectivity index (χ3v) is 3.66. The highest BCUT2D eigenvalue weighted by Gasteiger charge is 2.23. The van der Waals surface area contributed by atoms with Crippen molar-refractivity contribution < 1.29 is 9.84 Å². The van der Waals surface area contributed by atoms with Gasteiger partial charge in [-0.3, -0.25) is 0 Å². The molecule has 16 heavy (non-hydrogen) atoms. The Hall–Kier alpha value is -0.670. The van der Waals surface area contributed by atoms with Gasteiger partial charge < -0.3 is 9.84 Å². The maximum absolute atomic E-state index is 10.1. The topological polar surface area (TPSA) is 29.5 Å². The van der Waals surface area contributed by atoms with Gasteiger partial charge in [-0.15, -0.1) is 11.8 Å². The zero-order valence-corrected chi connectivity index (χ0v) is 11.0. The summed E-state index contributed by atoms with van der Waals surface area (Å²) in [5.41, 5.74) is -0.703. The maximum atomic E-state index is 10.1. The third-order valence-electron chi connectivity index (χ3n) is 2.88. The summed E-state index contributed by atoms with van der Waals surface area (Å²) in [4.78, 5) is 1.11. The largest absolute Gasteiger partial charge is 0.489 e. The number of rotatable bonds is 6. The van der Waals surface area contributed by atoms with Crippen LogP contribution in [0.5, 0.6) is 5.75 Å². The molecule has 90 valence electrons. The second-order valence-corrected chi connectivity index (χ2v) is 4.72. The van der Waals surface area contributed by atoms with Crippen molar-refractivity contribution in [2.24, 2.45) is 0 Å². The van der Waals surface area contributed by atoms with E-state index in [1.807, 2.05) is 44.4 Å². The van der Waals surface area contributed by atoms with Crippen molar-refractivity contribution in [1.29, 1.82) is 0 Å². The average molecular weight is 240 g/mol. The molecule has 0 aliphatic carbocycles. The van der Waals surface area contributed by atoms with Gasteiger partial charge in [0.1, 0.15) is 12.4 Å². The van der Waals surface area contributed by atoms with Crippen molar-refractivity contribution >= 4 is 11.8 Å². The molecule has 1 aromatic rings. The van der Waals surface area contributed by atoms with E-state index >= 15 is 0 Å². The van der Waals surface area contributed by atoms with E-state index in [0.29, 0.717) is 19.4 Å². The van der Waals surface area contributed by atoms with Gasteiger partial charge in [0.15, 0.2) is 0 Å². The molecular formula is C13H20O2S. The Balaban J connectivity index is 2.67. The summed E-state index contributed by atoms with van der Waals surface area (Å²) in [5, 5.41) is 10.1. The lowest BCUT2D eigenvalue weighted by atomic mass is 9.99.